The molecule has 0 bridgehead atoms. The van der Waals surface area contributed by atoms with E-state index < -0.39 is 0 Å². The van der Waals surface area contributed by atoms with Crippen molar-refractivity contribution in [1.29, 1.82) is 0 Å². The Hall–Kier alpha value is -1.17. The van der Waals surface area contributed by atoms with Gasteiger partial charge in [-0.05, 0) is 54.1 Å². The van der Waals surface area contributed by atoms with Gasteiger partial charge < -0.3 is 0 Å². The van der Waals surface area contributed by atoms with E-state index in [2.05, 4.69) is 27.7 Å². The average molecular weight is 354 g/mol. The van der Waals surface area contributed by atoms with Gasteiger partial charge in [0.1, 0.15) is 0 Å². The second-order valence-electron chi connectivity index (χ2n) is 4.40. The fourth-order valence-corrected chi connectivity index (χ4v) is 2.41. The highest BCUT2D eigenvalue weighted by Crippen LogP contribution is 2.16. The lowest BCUT2D eigenvalue weighted by Gasteiger charge is -2.02. The van der Waals surface area contributed by atoms with Crippen molar-refractivity contribution in [3.05, 3.63) is 50.4 Å². The summed E-state index contributed by atoms with van der Waals surface area (Å²) in [5.41, 5.74) is 3.55. The zero-order valence-electron chi connectivity index (χ0n) is 10.7. The molecule has 0 spiro atoms. The van der Waals surface area contributed by atoms with E-state index in [1.165, 1.54) is 3.57 Å². The molecule has 0 fully saturated rings. The summed E-state index contributed by atoms with van der Waals surface area (Å²) in [6, 6.07) is 8.04. The average Bonchev–Trinajstić information content (AvgIpc) is 2.56. The number of hydrogen-bond donors (Lipinski definition) is 0. The molecule has 2 aromatic rings. The molecule has 0 aliphatic rings. The SMILES string of the molecule is Cc1nn(C)c(C)c1C(=O)Cc1ccc(I)cc1. The Kier molecular flexibility index (Phi) is 3.85. The largest absolute Gasteiger partial charge is 0.294 e. The molecule has 1 heterocycles. The molecule has 0 aliphatic heterocycles. The zero-order valence-corrected chi connectivity index (χ0v) is 12.9. The molecule has 0 atom stereocenters. The highest BCUT2D eigenvalue weighted by atomic mass is 127. The van der Waals surface area contributed by atoms with E-state index in [9.17, 15) is 4.79 Å². The molecule has 0 amide bonds. The molecule has 94 valence electrons. The minimum Gasteiger partial charge on any atom is -0.294 e. The van der Waals surface area contributed by atoms with E-state index in [4.69, 9.17) is 0 Å². The van der Waals surface area contributed by atoms with Crippen LogP contribution < -0.4 is 0 Å². The van der Waals surface area contributed by atoms with Crippen LogP contribution in [0.2, 0.25) is 0 Å². The summed E-state index contributed by atoms with van der Waals surface area (Å²) in [4.78, 5) is 12.3. The minimum absolute atomic E-state index is 0.138. The molecule has 18 heavy (non-hydrogen) atoms. The molecular weight excluding hydrogens is 339 g/mol. The monoisotopic (exact) mass is 354 g/mol. The van der Waals surface area contributed by atoms with E-state index in [1.54, 1.807) is 4.68 Å². The second kappa shape index (κ2) is 5.22. The van der Waals surface area contributed by atoms with Crippen LogP contribution in [0.25, 0.3) is 0 Å². The number of benzene rings is 1. The number of rotatable bonds is 3. The zero-order chi connectivity index (χ0) is 13.3. The lowest BCUT2D eigenvalue weighted by molar-refractivity contribution is 0.0991. The molecule has 0 saturated heterocycles. The Morgan fingerprint density at radius 1 is 1.28 bits per heavy atom. The van der Waals surface area contributed by atoms with Crippen molar-refractivity contribution < 1.29 is 4.79 Å². The first-order valence-corrected chi connectivity index (χ1v) is 6.84. The van der Waals surface area contributed by atoms with Gasteiger partial charge in [0, 0.05) is 22.7 Å². The van der Waals surface area contributed by atoms with Crippen LogP contribution in [-0.2, 0) is 13.5 Å². The molecule has 0 N–H and O–H groups in total. The number of carbonyl (C=O) groups is 1. The standard InChI is InChI=1S/C14H15IN2O/c1-9-14(10(2)17(3)16-9)13(18)8-11-4-6-12(15)7-5-11/h4-7H,8H2,1-3H3. The van der Waals surface area contributed by atoms with E-state index in [-0.39, 0.29) is 5.78 Å². The van der Waals surface area contributed by atoms with Crippen molar-refractivity contribution in [2.24, 2.45) is 7.05 Å². The smallest absolute Gasteiger partial charge is 0.170 e. The van der Waals surface area contributed by atoms with Gasteiger partial charge in [0.2, 0.25) is 0 Å². The molecule has 2 rings (SSSR count). The lowest BCUT2D eigenvalue weighted by atomic mass is 10.0. The number of aryl methyl sites for hydroxylation is 2. The molecule has 0 saturated carbocycles. The van der Waals surface area contributed by atoms with Crippen LogP contribution in [0.4, 0.5) is 0 Å². The number of ketones is 1. The Balaban J connectivity index is 2.24. The van der Waals surface area contributed by atoms with Crippen LogP contribution in [0, 0.1) is 17.4 Å². The highest BCUT2D eigenvalue weighted by Gasteiger charge is 2.17. The molecule has 4 heteroatoms. The Morgan fingerprint density at radius 3 is 2.39 bits per heavy atom. The Bertz CT molecular complexity index is 585. The number of halogens is 1. The Labute approximate surface area is 120 Å². The van der Waals surface area contributed by atoms with Gasteiger partial charge in [0.05, 0.1) is 11.3 Å². The van der Waals surface area contributed by atoms with Gasteiger partial charge in [-0.15, -0.1) is 0 Å². The number of nitrogens with zero attached hydrogens (tertiary/aromatic N) is 2. The molecule has 0 aliphatic carbocycles. The van der Waals surface area contributed by atoms with Crippen LogP contribution in [0.5, 0.6) is 0 Å². The summed E-state index contributed by atoms with van der Waals surface area (Å²) in [5.74, 6) is 0.138. The van der Waals surface area contributed by atoms with Crippen molar-refractivity contribution in [3.63, 3.8) is 0 Å². The first-order chi connectivity index (χ1) is 8.49. The summed E-state index contributed by atoms with van der Waals surface area (Å²) < 4.78 is 2.94. The van der Waals surface area contributed by atoms with Crippen molar-refractivity contribution >= 4 is 28.4 Å². The topological polar surface area (TPSA) is 34.9 Å². The first kappa shape index (κ1) is 13.3. The predicted molar refractivity (Wildman–Crippen MR) is 79.9 cm³/mol. The highest BCUT2D eigenvalue weighted by molar-refractivity contribution is 14.1. The molecule has 3 nitrogen and oxygen atoms in total. The van der Waals surface area contributed by atoms with Crippen molar-refractivity contribution in [3.8, 4) is 0 Å². The predicted octanol–water partition coefficient (Wildman–Crippen LogP) is 3.07. The quantitative estimate of drug-likeness (QED) is 0.627. The third kappa shape index (κ3) is 2.63. The van der Waals surface area contributed by atoms with Gasteiger partial charge >= 0.3 is 0 Å². The molecule has 1 aromatic heterocycles. The van der Waals surface area contributed by atoms with Gasteiger partial charge in [-0.1, -0.05) is 12.1 Å². The third-order valence-electron chi connectivity index (χ3n) is 3.07. The summed E-state index contributed by atoms with van der Waals surface area (Å²) in [7, 11) is 1.87. The molecule has 1 aromatic carbocycles. The maximum atomic E-state index is 12.3. The third-order valence-corrected chi connectivity index (χ3v) is 3.78. The van der Waals surface area contributed by atoms with Crippen molar-refractivity contribution in [1.82, 2.24) is 9.78 Å². The fourth-order valence-electron chi connectivity index (χ4n) is 2.05. The van der Waals surface area contributed by atoms with E-state index in [0.29, 0.717) is 6.42 Å². The fraction of sp³-hybridized carbons (Fsp3) is 0.286. The van der Waals surface area contributed by atoms with E-state index in [1.807, 2.05) is 45.2 Å². The number of carbonyl (C=O) groups excluding carboxylic acids is 1. The maximum Gasteiger partial charge on any atom is 0.170 e. The number of hydrogen-bond acceptors (Lipinski definition) is 2. The summed E-state index contributed by atoms with van der Waals surface area (Å²) in [5, 5.41) is 4.28. The van der Waals surface area contributed by atoms with Crippen LogP contribution in [-0.4, -0.2) is 15.6 Å². The molecular formula is C14H15IN2O. The number of aromatic nitrogens is 2. The lowest BCUT2D eigenvalue weighted by Crippen LogP contribution is -2.06. The maximum absolute atomic E-state index is 12.3. The Morgan fingerprint density at radius 2 is 1.89 bits per heavy atom. The summed E-state index contributed by atoms with van der Waals surface area (Å²) >= 11 is 2.26. The van der Waals surface area contributed by atoms with Gasteiger partial charge in [0.15, 0.2) is 5.78 Å². The normalized spacial score (nSPS) is 10.7. The molecule has 0 unspecified atom stereocenters. The van der Waals surface area contributed by atoms with E-state index in [0.717, 1.165) is 22.5 Å². The number of Topliss-reactive ketones (excluding diaryl/α,β-unsaturated/α-hetero) is 1. The van der Waals surface area contributed by atoms with Crippen molar-refractivity contribution in [2.45, 2.75) is 20.3 Å². The van der Waals surface area contributed by atoms with Gasteiger partial charge in [0.25, 0.3) is 0 Å². The van der Waals surface area contributed by atoms with E-state index >= 15 is 0 Å². The van der Waals surface area contributed by atoms with Crippen LogP contribution >= 0.6 is 22.6 Å². The van der Waals surface area contributed by atoms with Gasteiger partial charge in [-0.3, -0.25) is 9.48 Å². The molecule has 0 radical (unpaired) electrons. The summed E-state index contributed by atoms with van der Waals surface area (Å²) in [6.45, 7) is 3.81. The summed E-state index contributed by atoms with van der Waals surface area (Å²) in [6.07, 6.45) is 0.435. The van der Waals surface area contributed by atoms with Crippen molar-refractivity contribution in [2.75, 3.05) is 0 Å². The second-order valence-corrected chi connectivity index (χ2v) is 5.64. The minimum atomic E-state index is 0.138. The first-order valence-electron chi connectivity index (χ1n) is 5.77. The van der Waals surface area contributed by atoms with Crippen LogP contribution in [0.3, 0.4) is 0 Å². The van der Waals surface area contributed by atoms with Crippen LogP contribution in [0.15, 0.2) is 24.3 Å². The van der Waals surface area contributed by atoms with Gasteiger partial charge in [-0.2, -0.15) is 5.10 Å². The van der Waals surface area contributed by atoms with Gasteiger partial charge in [-0.25, -0.2) is 0 Å². The van der Waals surface area contributed by atoms with Crippen LogP contribution in [0.1, 0.15) is 27.3 Å².